The molecular formula is C12H12O3. The predicted molar refractivity (Wildman–Crippen MR) is 57.1 cm³/mol. The van der Waals surface area contributed by atoms with E-state index in [1.165, 1.54) is 12.1 Å². The Kier molecular flexibility index (Phi) is 3.75. The average Bonchev–Trinajstić information content (AvgIpc) is 2.25. The Morgan fingerprint density at radius 2 is 2.33 bits per heavy atom. The molecule has 0 saturated carbocycles. The van der Waals surface area contributed by atoms with Gasteiger partial charge in [-0.25, -0.2) is 0 Å². The van der Waals surface area contributed by atoms with E-state index in [0.717, 1.165) is 0 Å². The summed E-state index contributed by atoms with van der Waals surface area (Å²) < 4.78 is 5.10. The van der Waals surface area contributed by atoms with E-state index in [2.05, 4.69) is 5.92 Å². The molecule has 0 fully saturated rings. The summed E-state index contributed by atoms with van der Waals surface area (Å²) in [5.74, 6) is 2.60. The molecule has 1 aromatic carbocycles. The first-order valence-corrected chi connectivity index (χ1v) is 4.61. The van der Waals surface area contributed by atoms with E-state index in [0.29, 0.717) is 17.7 Å². The number of ether oxygens (including phenoxy) is 1. The van der Waals surface area contributed by atoms with Gasteiger partial charge in [0.1, 0.15) is 18.1 Å². The van der Waals surface area contributed by atoms with E-state index >= 15 is 0 Å². The van der Waals surface area contributed by atoms with Crippen molar-refractivity contribution in [3.05, 3.63) is 23.8 Å². The number of carbonyl (C=O) groups is 1. The molecule has 0 bridgehead atoms. The van der Waals surface area contributed by atoms with Crippen LogP contribution in [0.2, 0.25) is 0 Å². The third kappa shape index (κ3) is 2.75. The molecular weight excluding hydrogens is 192 g/mol. The second-order valence-corrected chi connectivity index (χ2v) is 2.95. The second-order valence-electron chi connectivity index (χ2n) is 2.95. The van der Waals surface area contributed by atoms with Crippen molar-refractivity contribution in [2.24, 2.45) is 0 Å². The Morgan fingerprint density at radius 3 is 2.87 bits per heavy atom. The summed E-state index contributed by atoms with van der Waals surface area (Å²) in [4.78, 5) is 11.3. The van der Waals surface area contributed by atoms with Gasteiger partial charge in [0.05, 0.1) is 5.56 Å². The number of hydrogen-bond donors (Lipinski definition) is 1. The Labute approximate surface area is 88.7 Å². The maximum atomic E-state index is 11.3. The van der Waals surface area contributed by atoms with Gasteiger partial charge in [0.15, 0.2) is 5.78 Å². The van der Waals surface area contributed by atoms with E-state index in [-0.39, 0.29) is 18.1 Å². The topological polar surface area (TPSA) is 46.5 Å². The summed E-state index contributed by atoms with van der Waals surface area (Å²) >= 11 is 0. The minimum atomic E-state index is -0.101. The van der Waals surface area contributed by atoms with Crippen LogP contribution in [0.15, 0.2) is 18.2 Å². The fourth-order valence-electron chi connectivity index (χ4n) is 1.15. The standard InChI is InChI=1S/C12H12O3/c1-3-7-15-9-5-6-10(11(13)4-2)12(14)8-9/h1,5-6,8,14H,4,7H2,2H3. The van der Waals surface area contributed by atoms with Crippen molar-refractivity contribution < 1.29 is 14.6 Å². The zero-order valence-electron chi connectivity index (χ0n) is 8.49. The molecule has 0 radical (unpaired) electrons. The number of phenols is 1. The van der Waals surface area contributed by atoms with Gasteiger partial charge in [0.2, 0.25) is 0 Å². The molecule has 78 valence electrons. The lowest BCUT2D eigenvalue weighted by Gasteiger charge is -2.05. The molecule has 1 aromatic rings. The molecule has 1 rings (SSSR count). The van der Waals surface area contributed by atoms with Gasteiger partial charge in [0, 0.05) is 12.5 Å². The molecule has 0 spiro atoms. The van der Waals surface area contributed by atoms with Gasteiger partial charge in [-0.15, -0.1) is 6.42 Å². The highest BCUT2D eigenvalue weighted by atomic mass is 16.5. The van der Waals surface area contributed by atoms with Crippen LogP contribution < -0.4 is 4.74 Å². The van der Waals surface area contributed by atoms with E-state index in [1.807, 2.05) is 0 Å². The van der Waals surface area contributed by atoms with Crippen LogP contribution in [0.25, 0.3) is 0 Å². The van der Waals surface area contributed by atoms with Crippen LogP contribution in [0.5, 0.6) is 11.5 Å². The van der Waals surface area contributed by atoms with Crippen molar-refractivity contribution in [3.63, 3.8) is 0 Å². The van der Waals surface area contributed by atoms with Crippen molar-refractivity contribution in [2.75, 3.05) is 6.61 Å². The van der Waals surface area contributed by atoms with Crippen LogP contribution in [0, 0.1) is 12.3 Å². The fraction of sp³-hybridized carbons (Fsp3) is 0.250. The molecule has 0 aliphatic heterocycles. The Bertz CT molecular complexity index is 402. The van der Waals surface area contributed by atoms with Crippen LogP contribution in [-0.4, -0.2) is 17.5 Å². The first kappa shape index (κ1) is 11.1. The molecule has 0 aromatic heterocycles. The minimum Gasteiger partial charge on any atom is -0.507 e. The molecule has 0 aliphatic rings. The number of terminal acetylenes is 1. The Hall–Kier alpha value is -1.95. The van der Waals surface area contributed by atoms with Crippen LogP contribution in [0.3, 0.4) is 0 Å². The highest BCUT2D eigenvalue weighted by molar-refractivity contribution is 5.98. The maximum absolute atomic E-state index is 11.3. The van der Waals surface area contributed by atoms with E-state index in [4.69, 9.17) is 11.2 Å². The first-order valence-electron chi connectivity index (χ1n) is 4.61. The summed E-state index contributed by atoms with van der Waals surface area (Å²) in [6.07, 6.45) is 5.38. The monoisotopic (exact) mass is 204 g/mol. The summed E-state index contributed by atoms with van der Waals surface area (Å²) in [5, 5.41) is 9.54. The van der Waals surface area contributed by atoms with Gasteiger partial charge in [0.25, 0.3) is 0 Å². The van der Waals surface area contributed by atoms with Crippen molar-refractivity contribution >= 4 is 5.78 Å². The Balaban J connectivity index is 2.89. The number of Topliss-reactive ketones (excluding diaryl/α,β-unsaturated/α-hetero) is 1. The van der Waals surface area contributed by atoms with Crippen LogP contribution in [-0.2, 0) is 0 Å². The largest absolute Gasteiger partial charge is 0.507 e. The molecule has 0 heterocycles. The van der Waals surface area contributed by atoms with Gasteiger partial charge in [-0.2, -0.15) is 0 Å². The number of rotatable bonds is 4. The van der Waals surface area contributed by atoms with Gasteiger partial charge in [-0.05, 0) is 12.1 Å². The van der Waals surface area contributed by atoms with Crippen molar-refractivity contribution in [3.8, 4) is 23.8 Å². The van der Waals surface area contributed by atoms with E-state index in [1.54, 1.807) is 13.0 Å². The molecule has 1 N–H and O–H groups in total. The number of aromatic hydroxyl groups is 1. The number of carbonyl (C=O) groups excluding carboxylic acids is 1. The highest BCUT2D eigenvalue weighted by Gasteiger charge is 2.09. The van der Waals surface area contributed by atoms with Crippen LogP contribution in [0.1, 0.15) is 23.7 Å². The molecule has 0 aliphatic carbocycles. The Morgan fingerprint density at radius 1 is 1.60 bits per heavy atom. The highest BCUT2D eigenvalue weighted by Crippen LogP contribution is 2.24. The van der Waals surface area contributed by atoms with E-state index < -0.39 is 0 Å². The molecule has 3 nitrogen and oxygen atoms in total. The van der Waals surface area contributed by atoms with Crippen molar-refractivity contribution in [1.82, 2.24) is 0 Å². The lowest BCUT2D eigenvalue weighted by molar-refractivity contribution is 0.0985. The van der Waals surface area contributed by atoms with Gasteiger partial charge < -0.3 is 9.84 Å². The third-order valence-electron chi connectivity index (χ3n) is 1.91. The summed E-state index contributed by atoms with van der Waals surface area (Å²) in [5.41, 5.74) is 0.311. The van der Waals surface area contributed by atoms with E-state index in [9.17, 15) is 9.90 Å². The lowest BCUT2D eigenvalue weighted by Crippen LogP contribution is -1.98. The van der Waals surface area contributed by atoms with Crippen molar-refractivity contribution in [2.45, 2.75) is 13.3 Å². The molecule has 0 unspecified atom stereocenters. The summed E-state index contributed by atoms with van der Waals surface area (Å²) in [6, 6.07) is 4.53. The SMILES string of the molecule is C#CCOc1ccc(C(=O)CC)c(O)c1. The second kappa shape index (κ2) is 5.06. The molecule has 15 heavy (non-hydrogen) atoms. The molecule has 0 atom stereocenters. The molecule has 3 heteroatoms. The number of hydrogen-bond acceptors (Lipinski definition) is 3. The molecule has 0 amide bonds. The number of phenolic OH excluding ortho intramolecular Hbond substituents is 1. The lowest BCUT2D eigenvalue weighted by atomic mass is 10.1. The zero-order valence-corrected chi connectivity index (χ0v) is 8.49. The number of benzene rings is 1. The van der Waals surface area contributed by atoms with Gasteiger partial charge in [-0.1, -0.05) is 12.8 Å². The van der Waals surface area contributed by atoms with Gasteiger partial charge in [-0.3, -0.25) is 4.79 Å². The van der Waals surface area contributed by atoms with Crippen molar-refractivity contribution in [1.29, 1.82) is 0 Å². The fourth-order valence-corrected chi connectivity index (χ4v) is 1.15. The number of ketones is 1. The molecule has 0 saturated heterocycles. The quantitative estimate of drug-likeness (QED) is 0.602. The van der Waals surface area contributed by atoms with Crippen LogP contribution in [0.4, 0.5) is 0 Å². The average molecular weight is 204 g/mol. The minimum absolute atomic E-state index is 0.0728. The summed E-state index contributed by atoms with van der Waals surface area (Å²) in [7, 11) is 0. The third-order valence-corrected chi connectivity index (χ3v) is 1.91. The smallest absolute Gasteiger partial charge is 0.166 e. The van der Waals surface area contributed by atoms with Crippen LogP contribution >= 0.6 is 0 Å². The first-order chi connectivity index (χ1) is 7.19. The summed E-state index contributed by atoms with van der Waals surface area (Å²) in [6.45, 7) is 1.88. The van der Waals surface area contributed by atoms with Gasteiger partial charge >= 0.3 is 0 Å². The predicted octanol–water partition coefficient (Wildman–Crippen LogP) is 2.00. The zero-order chi connectivity index (χ0) is 11.3. The normalized spacial score (nSPS) is 9.33. The maximum Gasteiger partial charge on any atom is 0.166 e.